The highest BCUT2D eigenvalue weighted by molar-refractivity contribution is 5.80. The molecule has 2 atom stereocenters. The maximum Gasteiger partial charge on any atom is 0.293 e. The summed E-state index contributed by atoms with van der Waals surface area (Å²) >= 11 is 0. The topological polar surface area (TPSA) is 82.3 Å². The summed E-state index contributed by atoms with van der Waals surface area (Å²) in [6.45, 7) is 1.79. The highest BCUT2D eigenvalue weighted by atomic mass is 16.6. The van der Waals surface area contributed by atoms with E-state index in [1.165, 1.54) is 18.5 Å². The summed E-state index contributed by atoms with van der Waals surface area (Å²) in [7, 11) is 0. The second-order valence-corrected chi connectivity index (χ2v) is 4.07. The van der Waals surface area contributed by atoms with Gasteiger partial charge in [-0.1, -0.05) is 0 Å². The molecule has 0 aliphatic carbocycles. The van der Waals surface area contributed by atoms with Crippen LogP contribution in [0.1, 0.15) is 31.4 Å². The van der Waals surface area contributed by atoms with Crippen LogP contribution in [0.5, 0.6) is 0 Å². The predicted molar refractivity (Wildman–Crippen MR) is 58.4 cm³/mol. The maximum atomic E-state index is 11.5. The molecule has 90 valence electrons. The van der Waals surface area contributed by atoms with E-state index in [1.807, 2.05) is 0 Å². The standard InChI is InChI=1S/C11H12N2O4/c1-7-4-8(14)5-11(17-7)9-2-3-12-6-10(9)13(15)16/h2-3,6-7,11H,4-5H2,1H3/t7-,11-/m0/s1. The SMILES string of the molecule is C[C@H]1CC(=O)C[C@@H](c2ccncc2[N+](=O)[O-])O1. The van der Waals surface area contributed by atoms with E-state index in [4.69, 9.17) is 4.74 Å². The molecule has 0 unspecified atom stereocenters. The second-order valence-electron chi connectivity index (χ2n) is 4.07. The van der Waals surface area contributed by atoms with Crippen LogP contribution >= 0.6 is 0 Å². The van der Waals surface area contributed by atoms with Crippen LogP contribution in [-0.2, 0) is 9.53 Å². The second kappa shape index (κ2) is 4.58. The fourth-order valence-corrected chi connectivity index (χ4v) is 1.99. The van der Waals surface area contributed by atoms with Crippen molar-refractivity contribution < 1.29 is 14.5 Å². The Morgan fingerprint density at radius 3 is 2.94 bits per heavy atom. The van der Waals surface area contributed by atoms with Crippen LogP contribution in [0, 0.1) is 10.1 Å². The molecule has 1 aromatic rings. The zero-order chi connectivity index (χ0) is 12.4. The Kier molecular flexibility index (Phi) is 3.14. The predicted octanol–water partition coefficient (Wildman–Crippen LogP) is 1.80. The average Bonchev–Trinajstić information content (AvgIpc) is 2.27. The van der Waals surface area contributed by atoms with Crippen molar-refractivity contribution >= 4 is 11.5 Å². The molecule has 6 heteroatoms. The highest BCUT2D eigenvalue weighted by Gasteiger charge is 2.30. The molecule has 1 saturated heterocycles. The molecule has 17 heavy (non-hydrogen) atoms. The number of nitrogens with zero attached hydrogens (tertiary/aromatic N) is 2. The van der Waals surface area contributed by atoms with Gasteiger partial charge >= 0.3 is 0 Å². The number of ether oxygens (including phenoxy) is 1. The third-order valence-electron chi connectivity index (χ3n) is 2.70. The van der Waals surface area contributed by atoms with Crippen LogP contribution in [0.2, 0.25) is 0 Å². The van der Waals surface area contributed by atoms with E-state index in [2.05, 4.69) is 4.98 Å². The van der Waals surface area contributed by atoms with E-state index < -0.39 is 11.0 Å². The van der Waals surface area contributed by atoms with Crippen molar-refractivity contribution in [1.82, 2.24) is 4.98 Å². The first-order valence-electron chi connectivity index (χ1n) is 5.33. The lowest BCUT2D eigenvalue weighted by atomic mass is 9.97. The number of carbonyl (C=O) groups excluding carboxylic acids is 1. The smallest absolute Gasteiger partial charge is 0.293 e. The summed E-state index contributed by atoms with van der Waals surface area (Å²) in [4.78, 5) is 25.5. The molecule has 2 heterocycles. The Hall–Kier alpha value is -1.82. The number of rotatable bonds is 2. The Balaban J connectivity index is 2.33. The lowest BCUT2D eigenvalue weighted by molar-refractivity contribution is -0.386. The Bertz CT molecular complexity index is 461. The molecule has 1 aliphatic heterocycles. The van der Waals surface area contributed by atoms with Crippen LogP contribution in [0.4, 0.5) is 5.69 Å². The van der Waals surface area contributed by atoms with E-state index in [0.29, 0.717) is 12.0 Å². The molecular formula is C11H12N2O4. The Morgan fingerprint density at radius 1 is 1.53 bits per heavy atom. The lowest BCUT2D eigenvalue weighted by Crippen LogP contribution is -2.26. The van der Waals surface area contributed by atoms with Gasteiger partial charge in [0.2, 0.25) is 0 Å². The third kappa shape index (κ3) is 2.47. The molecule has 0 saturated carbocycles. The molecule has 1 aromatic heterocycles. The summed E-state index contributed by atoms with van der Waals surface area (Å²) in [5.41, 5.74) is 0.323. The molecule has 1 aliphatic rings. The van der Waals surface area contributed by atoms with Gasteiger partial charge in [-0.15, -0.1) is 0 Å². The minimum absolute atomic E-state index is 0.0693. The van der Waals surface area contributed by atoms with E-state index in [1.54, 1.807) is 6.92 Å². The van der Waals surface area contributed by atoms with Gasteiger partial charge in [0.05, 0.1) is 22.7 Å². The molecule has 2 rings (SSSR count). The average molecular weight is 236 g/mol. The van der Waals surface area contributed by atoms with Crippen LogP contribution < -0.4 is 0 Å². The van der Waals surface area contributed by atoms with E-state index >= 15 is 0 Å². The molecular weight excluding hydrogens is 224 g/mol. The van der Waals surface area contributed by atoms with Gasteiger partial charge in [-0.05, 0) is 13.0 Å². The zero-order valence-electron chi connectivity index (χ0n) is 9.33. The van der Waals surface area contributed by atoms with Gasteiger partial charge in [0, 0.05) is 19.0 Å². The normalized spacial score (nSPS) is 24.6. The van der Waals surface area contributed by atoms with E-state index in [0.717, 1.165) is 0 Å². The first kappa shape index (κ1) is 11.7. The van der Waals surface area contributed by atoms with Crippen molar-refractivity contribution in [3.8, 4) is 0 Å². The fourth-order valence-electron chi connectivity index (χ4n) is 1.99. The monoisotopic (exact) mass is 236 g/mol. The molecule has 0 N–H and O–H groups in total. The molecule has 0 aromatic carbocycles. The van der Waals surface area contributed by atoms with Crippen molar-refractivity contribution in [2.24, 2.45) is 0 Å². The number of nitro groups is 1. The lowest BCUT2D eigenvalue weighted by Gasteiger charge is -2.26. The number of hydrogen-bond acceptors (Lipinski definition) is 5. The molecule has 0 amide bonds. The van der Waals surface area contributed by atoms with Crippen molar-refractivity contribution in [2.45, 2.75) is 32.0 Å². The van der Waals surface area contributed by atoms with Crippen molar-refractivity contribution in [3.63, 3.8) is 0 Å². The number of hydrogen-bond donors (Lipinski definition) is 0. The minimum Gasteiger partial charge on any atom is -0.369 e. The third-order valence-corrected chi connectivity index (χ3v) is 2.70. The number of carbonyl (C=O) groups is 1. The zero-order valence-corrected chi connectivity index (χ0v) is 9.33. The number of aromatic nitrogens is 1. The van der Waals surface area contributed by atoms with Crippen LogP contribution in [0.25, 0.3) is 0 Å². The van der Waals surface area contributed by atoms with Gasteiger partial charge in [-0.3, -0.25) is 19.9 Å². The molecule has 0 spiro atoms. The maximum absolute atomic E-state index is 11.5. The van der Waals surface area contributed by atoms with Gasteiger partial charge in [0.1, 0.15) is 12.0 Å². The van der Waals surface area contributed by atoms with Gasteiger partial charge in [0.25, 0.3) is 5.69 Å². The summed E-state index contributed by atoms with van der Waals surface area (Å²) < 4.78 is 5.58. The van der Waals surface area contributed by atoms with Crippen molar-refractivity contribution in [1.29, 1.82) is 0 Å². The van der Waals surface area contributed by atoms with Crippen LogP contribution in [-0.4, -0.2) is 21.8 Å². The highest BCUT2D eigenvalue weighted by Crippen LogP contribution is 2.33. The number of Topliss-reactive ketones (excluding diaryl/α,β-unsaturated/α-hetero) is 1. The van der Waals surface area contributed by atoms with Crippen molar-refractivity contribution in [2.75, 3.05) is 0 Å². The van der Waals surface area contributed by atoms with Crippen LogP contribution in [0.15, 0.2) is 18.5 Å². The summed E-state index contributed by atoms with van der Waals surface area (Å²) in [6.07, 6.45) is 2.48. The number of ketones is 1. The summed E-state index contributed by atoms with van der Waals surface area (Å²) in [5, 5.41) is 10.9. The Morgan fingerprint density at radius 2 is 2.29 bits per heavy atom. The Labute approximate surface area is 97.8 Å². The first-order valence-corrected chi connectivity index (χ1v) is 5.33. The fraction of sp³-hybridized carbons (Fsp3) is 0.455. The summed E-state index contributed by atoms with van der Waals surface area (Å²) in [5.74, 6) is 0.0693. The minimum atomic E-state index is -0.533. The largest absolute Gasteiger partial charge is 0.369 e. The van der Waals surface area contributed by atoms with E-state index in [9.17, 15) is 14.9 Å². The number of pyridine rings is 1. The van der Waals surface area contributed by atoms with Gasteiger partial charge in [-0.2, -0.15) is 0 Å². The van der Waals surface area contributed by atoms with Gasteiger partial charge in [-0.25, -0.2) is 0 Å². The summed E-state index contributed by atoms with van der Waals surface area (Å²) in [6, 6.07) is 1.54. The molecule has 6 nitrogen and oxygen atoms in total. The van der Waals surface area contributed by atoms with Gasteiger partial charge in [0.15, 0.2) is 0 Å². The van der Waals surface area contributed by atoms with Crippen LogP contribution in [0.3, 0.4) is 0 Å². The van der Waals surface area contributed by atoms with Gasteiger partial charge < -0.3 is 4.74 Å². The molecule has 0 radical (unpaired) electrons. The first-order chi connectivity index (χ1) is 8.08. The molecule has 0 bridgehead atoms. The quantitative estimate of drug-likeness (QED) is 0.577. The molecule has 1 fully saturated rings. The van der Waals surface area contributed by atoms with Crippen molar-refractivity contribution in [3.05, 3.63) is 34.1 Å². The van der Waals surface area contributed by atoms with E-state index in [-0.39, 0.29) is 24.0 Å².